The van der Waals surface area contributed by atoms with Crippen molar-refractivity contribution in [2.45, 2.75) is 13.0 Å². The van der Waals surface area contributed by atoms with Crippen molar-refractivity contribution in [3.05, 3.63) is 18.1 Å². The monoisotopic (exact) mass is 240 g/mol. The molecule has 0 aliphatic carbocycles. The van der Waals surface area contributed by atoms with E-state index in [1.54, 1.807) is 19.5 Å². The average molecular weight is 240 g/mol. The lowest BCUT2D eigenvalue weighted by Crippen LogP contribution is -2.33. The zero-order chi connectivity index (χ0) is 12.1. The molecule has 88 valence electrons. The van der Waals surface area contributed by atoms with E-state index in [4.69, 9.17) is 22.7 Å². The molecule has 0 radical (unpaired) electrons. The molecule has 5 nitrogen and oxygen atoms in total. The molecule has 0 aromatic carbocycles. The molecule has 6 heteroatoms. The maximum atomic E-state index is 5.44. The molecule has 1 rings (SSSR count). The van der Waals surface area contributed by atoms with E-state index in [1.807, 2.05) is 18.9 Å². The van der Waals surface area contributed by atoms with Crippen LogP contribution in [0.5, 0.6) is 0 Å². The minimum Gasteiger partial charge on any atom is -0.388 e. The van der Waals surface area contributed by atoms with Crippen LogP contribution in [-0.2, 0) is 4.74 Å². The Bertz CT molecular complexity index is 354. The van der Waals surface area contributed by atoms with Gasteiger partial charge in [-0.15, -0.1) is 0 Å². The SMILES string of the molecule is COCC(C)N(C)c1cnc(C(N)=S)cn1. The van der Waals surface area contributed by atoms with E-state index >= 15 is 0 Å². The Labute approximate surface area is 101 Å². The Balaban J connectivity index is 2.77. The maximum Gasteiger partial charge on any atom is 0.147 e. The molecule has 0 aliphatic heterocycles. The summed E-state index contributed by atoms with van der Waals surface area (Å²) < 4.78 is 5.08. The number of hydrogen-bond acceptors (Lipinski definition) is 5. The molecule has 1 atom stereocenters. The number of anilines is 1. The number of methoxy groups -OCH3 is 1. The van der Waals surface area contributed by atoms with Gasteiger partial charge in [-0.2, -0.15) is 0 Å². The molecule has 2 N–H and O–H groups in total. The van der Waals surface area contributed by atoms with Gasteiger partial charge in [0, 0.05) is 14.2 Å². The summed E-state index contributed by atoms with van der Waals surface area (Å²) in [6, 6.07) is 0.231. The van der Waals surface area contributed by atoms with Crippen LogP contribution < -0.4 is 10.6 Å². The smallest absolute Gasteiger partial charge is 0.147 e. The lowest BCUT2D eigenvalue weighted by molar-refractivity contribution is 0.183. The molecule has 0 fully saturated rings. The second-order valence-electron chi connectivity index (χ2n) is 3.54. The summed E-state index contributed by atoms with van der Waals surface area (Å²) in [6.45, 7) is 2.68. The van der Waals surface area contributed by atoms with Crippen LogP contribution in [0.3, 0.4) is 0 Å². The third kappa shape index (κ3) is 3.11. The minimum absolute atomic E-state index is 0.231. The van der Waals surface area contributed by atoms with Gasteiger partial charge < -0.3 is 15.4 Å². The fourth-order valence-electron chi connectivity index (χ4n) is 1.21. The first kappa shape index (κ1) is 12.8. The molecule has 1 unspecified atom stereocenters. The van der Waals surface area contributed by atoms with Crippen molar-refractivity contribution in [3.63, 3.8) is 0 Å². The van der Waals surface area contributed by atoms with Crippen molar-refractivity contribution < 1.29 is 4.74 Å². The minimum atomic E-state index is 0.231. The van der Waals surface area contributed by atoms with Crippen LogP contribution in [-0.4, -0.2) is 41.8 Å². The first-order valence-corrected chi connectivity index (χ1v) is 5.30. The summed E-state index contributed by atoms with van der Waals surface area (Å²) in [5.74, 6) is 0.768. The second-order valence-corrected chi connectivity index (χ2v) is 3.98. The molecule has 16 heavy (non-hydrogen) atoms. The van der Waals surface area contributed by atoms with Gasteiger partial charge in [0.1, 0.15) is 16.5 Å². The van der Waals surface area contributed by atoms with Gasteiger partial charge in [-0.3, -0.25) is 0 Å². The van der Waals surface area contributed by atoms with Gasteiger partial charge in [0.25, 0.3) is 0 Å². The molecule has 1 heterocycles. The molecular formula is C10H16N4OS. The highest BCUT2D eigenvalue weighted by atomic mass is 32.1. The molecule has 0 saturated heterocycles. The van der Waals surface area contributed by atoms with Gasteiger partial charge >= 0.3 is 0 Å². The highest BCUT2D eigenvalue weighted by Crippen LogP contribution is 2.10. The molecule has 0 saturated carbocycles. The van der Waals surface area contributed by atoms with E-state index < -0.39 is 0 Å². The van der Waals surface area contributed by atoms with Crippen LogP contribution in [0.4, 0.5) is 5.82 Å². The quantitative estimate of drug-likeness (QED) is 0.760. The number of hydrogen-bond donors (Lipinski definition) is 1. The van der Waals surface area contributed by atoms with Gasteiger partial charge in [-0.25, -0.2) is 9.97 Å². The average Bonchev–Trinajstić information content (AvgIpc) is 2.28. The van der Waals surface area contributed by atoms with Crippen LogP contribution >= 0.6 is 12.2 Å². The van der Waals surface area contributed by atoms with Crippen molar-refractivity contribution in [2.75, 3.05) is 25.7 Å². The van der Waals surface area contributed by atoms with E-state index in [1.165, 1.54) is 0 Å². The summed E-state index contributed by atoms with van der Waals surface area (Å²) in [5, 5.41) is 0. The molecule has 0 amide bonds. The number of nitrogens with zero attached hydrogens (tertiary/aromatic N) is 3. The third-order valence-electron chi connectivity index (χ3n) is 2.32. The Hall–Kier alpha value is -1.27. The van der Waals surface area contributed by atoms with Crippen LogP contribution in [0.25, 0.3) is 0 Å². The highest BCUT2D eigenvalue weighted by molar-refractivity contribution is 7.80. The van der Waals surface area contributed by atoms with Gasteiger partial charge in [-0.1, -0.05) is 12.2 Å². The Morgan fingerprint density at radius 2 is 2.25 bits per heavy atom. The molecular weight excluding hydrogens is 224 g/mol. The predicted octanol–water partition coefficient (Wildman–Crippen LogP) is 0.582. The lowest BCUT2D eigenvalue weighted by atomic mass is 10.3. The van der Waals surface area contributed by atoms with Crippen LogP contribution in [0, 0.1) is 0 Å². The van der Waals surface area contributed by atoms with Gasteiger partial charge in [0.2, 0.25) is 0 Å². The number of likely N-dealkylation sites (N-methyl/N-ethyl adjacent to an activating group) is 1. The largest absolute Gasteiger partial charge is 0.388 e. The molecule has 0 aliphatic rings. The van der Waals surface area contributed by atoms with E-state index in [9.17, 15) is 0 Å². The van der Waals surface area contributed by atoms with Crippen LogP contribution in [0.1, 0.15) is 12.6 Å². The Kier molecular flexibility index (Phi) is 4.57. The fraction of sp³-hybridized carbons (Fsp3) is 0.500. The van der Waals surface area contributed by atoms with Crippen molar-refractivity contribution in [2.24, 2.45) is 5.73 Å². The normalized spacial score (nSPS) is 12.2. The number of ether oxygens (including phenoxy) is 1. The van der Waals surface area contributed by atoms with E-state index in [-0.39, 0.29) is 11.0 Å². The standard InChI is InChI=1S/C10H16N4OS/c1-7(6-15-3)14(2)9-5-12-8(4-13-9)10(11)16/h4-5,7H,6H2,1-3H3,(H2,11,16). The summed E-state index contributed by atoms with van der Waals surface area (Å²) in [5.41, 5.74) is 5.98. The van der Waals surface area contributed by atoms with Crippen LogP contribution in [0.15, 0.2) is 12.4 Å². The summed E-state index contributed by atoms with van der Waals surface area (Å²) in [7, 11) is 3.61. The molecule has 0 spiro atoms. The van der Waals surface area contributed by atoms with Gasteiger partial charge in [0.05, 0.1) is 25.0 Å². The first-order chi connectivity index (χ1) is 7.56. The summed E-state index contributed by atoms with van der Waals surface area (Å²) in [6.07, 6.45) is 3.23. The zero-order valence-corrected chi connectivity index (χ0v) is 10.5. The lowest BCUT2D eigenvalue weighted by Gasteiger charge is -2.24. The highest BCUT2D eigenvalue weighted by Gasteiger charge is 2.11. The second kappa shape index (κ2) is 5.72. The van der Waals surface area contributed by atoms with E-state index in [2.05, 4.69) is 9.97 Å². The van der Waals surface area contributed by atoms with E-state index in [0.29, 0.717) is 12.3 Å². The van der Waals surface area contributed by atoms with Crippen molar-refractivity contribution in [1.29, 1.82) is 0 Å². The predicted molar refractivity (Wildman–Crippen MR) is 67.7 cm³/mol. The van der Waals surface area contributed by atoms with E-state index in [0.717, 1.165) is 5.82 Å². The van der Waals surface area contributed by atoms with Gasteiger partial charge in [-0.05, 0) is 6.92 Å². The summed E-state index contributed by atoms with van der Waals surface area (Å²) >= 11 is 4.81. The topological polar surface area (TPSA) is 64.3 Å². The first-order valence-electron chi connectivity index (χ1n) is 4.90. The fourth-order valence-corrected chi connectivity index (χ4v) is 1.31. The Morgan fingerprint density at radius 3 is 2.69 bits per heavy atom. The number of thiocarbonyl (C=S) groups is 1. The number of aromatic nitrogens is 2. The Morgan fingerprint density at radius 1 is 1.56 bits per heavy atom. The number of nitrogens with two attached hydrogens (primary N) is 1. The van der Waals surface area contributed by atoms with Crippen molar-refractivity contribution in [3.8, 4) is 0 Å². The summed E-state index contributed by atoms with van der Waals surface area (Å²) in [4.78, 5) is 10.6. The molecule has 0 bridgehead atoms. The third-order valence-corrected chi connectivity index (χ3v) is 2.53. The van der Waals surface area contributed by atoms with Crippen molar-refractivity contribution in [1.82, 2.24) is 9.97 Å². The molecule has 1 aromatic rings. The van der Waals surface area contributed by atoms with Gasteiger partial charge in [0.15, 0.2) is 0 Å². The van der Waals surface area contributed by atoms with Crippen LogP contribution in [0.2, 0.25) is 0 Å². The molecule has 1 aromatic heterocycles. The zero-order valence-electron chi connectivity index (χ0n) is 9.67. The van der Waals surface area contributed by atoms with Crippen molar-refractivity contribution >= 4 is 23.0 Å². The maximum absolute atomic E-state index is 5.44. The number of rotatable bonds is 5.